The highest BCUT2D eigenvalue weighted by atomic mass is 16.2. The molecule has 0 aromatic rings. The number of hydrogen-bond acceptors (Lipinski definition) is 3. The first-order chi connectivity index (χ1) is 6.13. The molecule has 1 amide bonds. The zero-order chi connectivity index (χ0) is 9.84. The number of nitrogens with two attached hydrogens (primary N) is 1. The van der Waals surface area contributed by atoms with E-state index in [4.69, 9.17) is 5.73 Å². The fourth-order valence-electron chi connectivity index (χ4n) is 1.55. The van der Waals surface area contributed by atoms with Crippen LogP contribution in [-0.2, 0) is 4.79 Å². The third-order valence-electron chi connectivity index (χ3n) is 2.45. The summed E-state index contributed by atoms with van der Waals surface area (Å²) in [6.45, 7) is 3.25. The maximum Gasteiger partial charge on any atom is 0.223 e. The molecule has 1 aliphatic rings. The SMILES string of the molecule is CN(C)CCN1CC(CN)CC1=O. The zero-order valence-electron chi connectivity index (χ0n) is 8.49. The molecule has 13 heavy (non-hydrogen) atoms. The Labute approximate surface area is 79.7 Å². The zero-order valence-corrected chi connectivity index (χ0v) is 8.49. The van der Waals surface area contributed by atoms with E-state index < -0.39 is 0 Å². The lowest BCUT2D eigenvalue weighted by Gasteiger charge is -2.18. The molecule has 1 fully saturated rings. The molecule has 0 bridgehead atoms. The van der Waals surface area contributed by atoms with Gasteiger partial charge in [0.25, 0.3) is 0 Å². The number of likely N-dealkylation sites (tertiary alicyclic amines) is 1. The van der Waals surface area contributed by atoms with Gasteiger partial charge in [0.2, 0.25) is 5.91 Å². The lowest BCUT2D eigenvalue weighted by Crippen LogP contribution is -2.33. The van der Waals surface area contributed by atoms with Gasteiger partial charge in [-0.15, -0.1) is 0 Å². The van der Waals surface area contributed by atoms with Gasteiger partial charge in [0.05, 0.1) is 0 Å². The van der Waals surface area contributed by atoms with E-state index in [0.717, 1.165) is 19.6 Å². The maximum atomic E-state index is 11.4. The molecule has 1 atom stereocenters. The van der Waals surface area contributed by atoms with Crippen LogP contribution in [0.3, 0.4) is 0 Å². The van der Waals surface area contributed by atoms with Crippen molar-refractivity contribution in [1.82, 2.24) is 9.80 Å². The van der Waals surface area contributed by atoms with Crippen molar-refractivity contribution >= 4 is 5.91 Å². The number of likely N-dealkylation sites (N-methyl/N-ethyl adjacent to an activating group) is 1. The minimum Gasteiger partial charge on any atom is -0.341 e. The number of carbonyl (C=O) groups excluding carboxylic acids is 1. The molecular weight excluding hydrogens is 166 g/mol. The van der Waals surface area contributed by atoms with Crippen molar-refractivity contribution in [3.05, 3.63) is 0 Å². The highest BCUT2D eigenvalue weighted by molar-refractivity contribution is 5.78. The molecule has 1 aliphatic heterocycles. The molecule has 1 saturated heterocycles. The van der Waals surface area contributed by atoms with Crippen molar-refractivity contribution in [3.63, 3.8) is 0 Å². The molecule has 0 spiro atoms. The first kappa shape index (κ1) is 10.5. The lowest BCUT2D eigenvalue weighted by molar-refractivity contribution is -0.127. The summed E-state index contributed by atoms with van der Waals surface area (Å²) in [5.41, 5.74) is 5.52. The second kappa shape index (κ2) is 4.58. The van der Waals surface area contributed by atoms with Crippen molar-refractivity contribution in [1.29, 1.82) is 0 Å². The van der Waals surface area contributed by atoms with Gasteiger partial charge >= 0.3 is 0 Å². The van der Waals surface area contributed by atoms with Crippen molar-refractivity contribution in [3.8, 4) is 0 Å². The number of amides is 1. The summed E-state index contributed by atoms with van der Waals surface area (Å²) in [5.74, 6) is 0.645. The fraction of sp³-hybridized carbons (Fsp3) is 0.889. The summed E-state index contributed by atoms with van der Waals surface area (Å²) in [7, 11) is 4.03. The number of rotatable bonds is 4. The fourth-order valence-corrected chi connectivity index (χ4v) is 1.55. The standard InChI is InChI=1S/C9H19N3O/c1-11(2)3-4-12-7-8(6-10)5-9(12)13/h8H,3-7,10H2,1-2H3. The third kappa shape index (κ3) is 2.97. The van der Waals surface area contributed by atoms with E-state index in [-0.39, 0.29) is 5.91 Å². The van der Waals surface area contributed by atoms with Crippen LogP contribution in [0.5, 0.6) is 0 Å². The van der Waals surface area contributed by atoms with Crippen LogP contribution in [0, 0.1) is 5.92 Å². The Bertz CT molecular complexity index is 182. The second-order valence-corrected chi connectivity index (χ2v) is 3.95. The molecule has 0 saturated carbocycles. The van der Waals surface area contributed by atoms with Gasteiger partial charge in [0.15, 0.2) is 0 Å². The Balaban J connectivity index is 2.31. The first-order valence-corrected chi connectivity index (χ1v) is 4.76. The number of nitrogens with zero attached hydrogens (tertiary/aromatic N) is 2. The summed E-state index contributed by atoms with van der Waals surface area (Å²) in [6.07, 6.45) is 0.643. The van der Waals surface area contributed by atoms with Gasteiger partial charge in [-0.05, 0) is 26.6 Å². The second-order valence-electron chi connectivity index (χ2n) is 3.95. The largest absolute Gasteiger partial charge is 0.341 e. The van der Waals surface area contributed by atoms with Gasteiger partial charge in [-0.3, -0.25) is 4.79 Å². The van der Waals surface area contributed by atoms with Crippen LogP contribution in [0.2, 0.25) is 0 Å². The Morgan fingerprint density at radius 1 is 1.62 bits per heavy atom. The van der Waals surface area contributed by atoms with Gasteiger partial charge in [0, 0.05) is 26.1 Å². The predicted octanol–water partition coefficient (Wildman–Crippen LogP) is -0.645. The molecule has 1 unspecified atom stereocenters. The van der Waals surface area contributed by atoms with Crippen LogP contribution in [0.15, 0.2) is 0 Å². The molecule has 0 radical (unpaired) electrons. The molecule has 1 heterocycles. The van der Waals surface area contributed by atoms with E-state index >= 15 is 0 Å². The molecule has 2 N–H and O–H groups in total. The minimum absolute atomic E-state index is 0.261. The average Bonchev–Trinajstić information content (AvgIpc) is 2.43. The smallest absolute Gasteiger partial charge is 0.223 e. The number of hydrogen-bond donors (Lipinski definition) is 1. The quantitative estimate of drug-likeness (QED) is 0.633. The summed E-state index contributed by atoms with van der Waals surface area (Å²) in [6, 6.07) is 0. The summed E-state index contributed by atoms with van der Waals surface area (Å²) >= 11 is 0. The van der Waals surface area contributed by atoms with Crippen LogP contribution < -0.4 is 5.73 Å². The van der Waals surface area contributed by atoms with E-state index in [2.05, 4.69) is 4.90 Å². The van der Waals surface area contributed by atoms with Crippen LogP contribution in [0.25, 0.3) is 0 Å². The molecule has 0 aliphatic carbocycles. The van der Waals surface area contributed by atoms with E-state index in [1.165, 1.54) is 0 Å². The van der Waals surface area contributed by atoms with E-state index in [1.54, 1.807) is 0 Å². The number of carbonyl (C=O) groups is 1. The normalized spacial score (nSPS) is 23.2. The van der Waals surface area contributed by atoms with Gasteiger partial charge in [-0.25, -0.2) is 0 Å². The Morgan fingerprint density at radius 2 is 2.31 bits per heavy atom. The van der Waals surface area contributed by atoms with Gasteiger partial charge in [0.1, 0.15) is 0 Å². The Kier molecular flexibility index (Phi) is 3.69. The Hall–Kier alpha value is -0.610. The molecular formula is C9H19N3O. The van der Waals surface area contributed by atoms with Gasteiger partial charge < -0.3 is 15.5 Å². The summed E-state index contributed by atoms with van der Waals surface area (Å²) in [4.78, 5) is 15.4. The summed E-state index contributed by atoms with van der Waals surface area (Å²) in [5, 5.41) is 0. The predicted molar refractivity (Wildman–Crippen MR) is 52.3 cm³/mol. The van der Waals surface area contributed by atoms with E-state index in [9.17, 15) is 4.79 Å². The minimum atomic E-state index is 0.261. The van der Waals surface area contributed by atoms with E-state index in [1.807, 2.05) is 19.0 Å². The topological polar surface area (TPSA) is 49.6 Å². The molecule has 0 aromatic carbocycles. The average molecular weight is 185 g/mol. The summed E-state index contributed by atoms with van der Waals surface area (Å²) < 4.78 is 0. The maximum absolute atomic E-state index is 11.4. The van der Waals surface area contributed by atoms with Crippen molar-refractivity contribution < 1.29 is 4.79 Å². The first-order valence-electron chi connectivity index (χ1n) is 4.76. The molecule has 1 rings (SSSR count). The third-order valence-corrected chi connectivity index (χ3v) is 2.45. The van der Waals surface area contributed by atoms with Crippen LogP contribution in [0.4, 0.5) is 0 Å². The van der Waals surface area contributed by atoms with Gasteiger partial charge in [-0.2, -0.15) is 0 Å². The lowest BCUT2D eigenvalue weighted by atomic mass is 10.1. The van der Waals surface area contributed by atoms with Crippen molar-refractivity contribution in [2.45, 2.75) is 6.42 Å². The molecule has 4 heteroatoms. The van der Waals surface area contributed by atoms with Crippen molar-refractivity contribution in [2.75, 3.05) is 40.3 Å². The van der Waals surface area contributed by atoms with E-state index in [0.29, 0.717) is 18.9 Å². The van der Waals surface area contributed by atoms with Crippen LogP contribution in [0.1, 0.15) is 6.42 Å². The highest BCUT2D eigenvalue weighted by Gasteiger charge is 2.27. The highest BCUT2D eigenvalue weighted by Crippen LogP contribution is 2.15. The van der Waals surface area contributed by atoms with Gasteiger partial charge in [-0.1, -0.05) is 0 Å². The molecule has 0 aromatic heterocycles. The molecule has 76 valence electrons. The monoisotopic (exact) mass is 185 g/mol. The Morgan fingerprint density at radius 3 is 2.77 bits per heavy atom. The van der Waals surface area contributed by atoms with Crippen molar-refractivity contribution in [2.24, 2.45) is 11.7 Å². The van der Waals surface area contributed by atoms with Crippen LogP contribution in [-0.4, -0.2) is 56.0 Å². The van der Waals surface area contributed by atoms with Crippen LogP contribution >= 0.6 is 0 Å². The molecule has 4 nitrogen and oxygen atoms in total.